The SMILES string of the molecule is CC(C)c1cccc(C(C)C)c1-[n+]1csc2c1CCCC2.F[B-](F)(F)F. The van der Waals surface area contributed by atoms with Crippen LogP contribution in [0.2, 0.25) is 0 Å². The van der Waals surface area contributed by atoms with E-state index in [9.17, 15) is 17.3 Å². The van der Waals surface area contributed by atoms with Gasteiger partial charge in [-0.25, -0.2) is 0 Å². The molecule has 0 N–H and O–H groups in total. The summed E-state index contributed by atoms with van der Waals surface area (Å²) < 4.78 is 41.5. The summed E-state index contributed by atoms with van der Waals surface area (Å²) in [7, 11) is -6.00. The van der Waals surface area contributed by atoms with Crippen LogP contribution in [0.5, 0.6) is 0 Å². The molecule has 1 aromatic carbocycles. The molecule has 1 aliphatic rings. The Hall–Kier alpha value is -1.37. The van der Waals surface area contributed by atoms with E-state index in [1.54, 1.807) is 10.6 Å². The van der Waals surface area contributed by atoms with Crippen LogP contribution in [0.15, 0.2) is 23.7 Å². The van der Waals surface area contributed by atoms with Gasteiger partial charge in [0.2, 0.25) is 16.9 Å². The smallest absolute Gasteiger partial charge is 0.418 e. The molecule has 0 spiro atoms. The minimum Gasteiger partial charge on any atom is -0.418 e. The number of benzene rings is 1. The Morgan fingerprint density at radius 3 is 1.92 bits per heavy atom. The van der Waals surface area contributed by atoms with Crippen molar-refractivity contribution in [3.63, 3.8) is 0 Å². The molecular formula is C19H26BF4NS. The molecule has 0 amide bonds. The summed E-state index contributed by atoms with van der Waals surface area (Å²) in [6.07, 6.45) is 5.21. The van der Waals surface area contributed by atoms with E-state index in [4.69, 9.17) is 0 Å². The van der Waals surface area contributed by atoms with E-state index in [1.807, 2.05) is 11.3 Å². The highest BCUT2D eigenvalue weighted by molar-refractivity contribution is 7.09. The Labute approximate surface area is 157 Å². The van der Waals surface area contributed by atoms with Gasteiger partial charge in [-0.3, -0.25) is 0 Å². The number of thiazole rings is 1. The van der Waals surface area contributed by atoms with Crippen LogP contribution in [0.3, 0.4) is 0 Å². The topological polar surface area (TPSA) is 3.88 Å². The molecule has 0 bridgehead atoms. The van der Waals surface area contributed by atoms with E-state index in [2.05, 4.69) is 56.0 Å². The van der Waals surface area contributed by atoms with Gasteiger partial charge in [-0.1, -0.05) is 57.2 Å². The second-order valence-corrected chi connectivity index (χ2v) is 8.20. The molecule has 1 nitrogen and oxygen atoms in total. The minimum absolute atomic E-state index is 0.561. The van der Waals surface area contributed by atoms with Gasteiger partial charge in [0.15, 0.2) is 0 Å². The molecule has 2 aromatic rings. The van der Waals surface area contributed by atoms with Gasteiger partial charge in [0.05, 0.1) is 4.88 Å². The maximum Gasteiger partial charge on any atom is 0.673 e. The molecule has 3 rings (SSSR count). The van der Waals surface area contributed by atoms with E-state index in [-0.39, 0.29) is 0 Å². The number of para-hydroxylation sites is 1. The van der Waals surface area contributed by atoms with Crippen LogP contribution in [0.1, 0.15) is 74.1 Å². The number of halogens is 4. The largest absolute Gasteiger partial charge is 0.673 e. The first-order valence-corrected chi connectivity index (χ1v) is 9.99. The highest BCUT2D eigenvalue weighted by atomic mass is 32.1. The van der Waals surface area contributed by atoms with Gasteiger partial charge >= 0.3 is 7.25 Å². The third-order valence-corrected chi connectivity index (χ3v) is 5.60. The predicted octanol–water partition coefficient (Wildman–Crippen LogP) is 6.45. The molecule has 0 saturated carbocycles. The fraction of sp³-hybridized carbons (Fsp3) is 0.526. The fourth-order valence-electron chi connectivity index (χ4n) is 3.40. The van der Waals surface area contributed by atoms with Crippen LogP contribution in [0.25, 0.3) is 5.69 Å². The summed E-state index contributed by atoms with van der Waals surface area (Å²) in [4.78, 5) is 1.61. The molecule has 144 valence electrons. The van der Waals surface area contributed by atoms with Crippen LogP contribution >= 0.6 is 11.3 Å². The first kappa shape index (κ1) is 20.9. The van der Waals surface area contributed by atoms with Crippen LogP contribution < -0.4 is 4.57 Å². The summed E-state index contributed by atoms with van der Waals surface area (Å²) in [5, 5.41) is 0. The monoisotopic (exact) mass is 387 g/mol. The second-order valence-electron chi connectivity index (χ2n) is 7.26. The standard InChI is InChI=1S/C19H26NS.BF4/c1-13(2)15-8-7-9-16(14(3)4)19(15)20-12-21-18-11-6-5-10-17(18)20;2-1(3,4)5/h7-9,12-14H,5-6,10-11H2,1-4H3;/q+1;-1. The number of fused-ring (bicyclic) bond motifs is 1. The molecule has 26 heavy (non-hydrogen) atoms. The molecule has 1 heterocycles. The van der Waals surface area contributed by atoms with Crippen LogP contribution in [-0.4, -0.2) is 7.25 Å². The van der Waals surface area contributed by atoms with Crippen molar-refractivity contribution in [1.29, 1.82) is 0 Å². The van der Waals surface area contributed by atoms with E-state index in [0.717, 1.165) is 0 Å². The normalized spacial score (nSPS) is 14.2. The lowest BCUT2D eigenvalue weighted by Gasteiger charge is -2.16. The highest BCUT2D eigenvalue weighted by Crippen LogP contribution is 2.31. The average Bonchev–Trinajstić information content (AvgIpc) is 2.96. The Morgan fingerprint density at radius 2 is 1.42 bits per heavy atom. The second kappa shape index (κ2) is 8.55. The van der Waals surface area contributed by atoms with Gasteiger partial charge in [0.1, 0.15) is 0 Å². The summed E-state index contributed by atoms with van der Waals surface area (Å²) in [6, 6.07) is 6.85. The van der Waals surface area contributed by atoms with E-state index < -0.39 is 7.25 Å². The number of rotatable bonds is 3. The van der Waals surface area contributed by atoms with Crippen LogP contribution in [0, 0.1) is 0 Å². The van der Waals surface area contributed by atoms with Crippen molar-refractivity contribution in [3.8, 4) is 5.69 Å². The number of aryl methyl sites for hydroxylation is 1. The van der Waals surface area contributed by atoms with Gasteiger partial charge in [0.25, 0.3) is 0 Å². The zero-order valence-electron chi connectivity index (χ0n) is 15.7. The maximum absolute atomic E-state index is 9.75. The van der Waals surface area contributed by atoms with Crippen molar-refractivity contribution in [3.05, 3.63) is 45.4 Å². The lowest BCUT2D eigenvalue weighted by molar-refractivity contribution is -0.600. The molecule has 7 heteroatoms. The molecular weight excluding hydrogens is 361 g/mol. The van der Waals surface area contributed by atoms with Crippen LogP contribution in [0.4, 0.5) is 17.3 Å². The van der Waals surface area contributed by atoms with Gasteiger partial charge in [0, 0.05) is 17.5 Å². The molecule has 0 aliphatic heterocycles. The number of aromatic nitrogens is 1. The molecule has 0 fully saturated rings. The Morgan fingerprint density at radius 1 is 0.923 bits per heavy atom. The molecule has 0 saturated heterocycles. The van der Waals surface area contributed by atoms with Gasteiger partial charge in [-0.2, -0.15) is 4.57 Å². The van der Waals surface area contributed by atoms with Crippen molar-refractivity contribution in [2.45, 2.75) is 65.2 Å². The predicted molar refractivity (Wildman–Crippen MR) is 101 cm³/mol. The van der Waals surface area contributed by atoms with Crippen LogP contribution in [-0.2, 0) is 12.8 Å². The molecule has 1 aliphatic carbocycles. The summed E-state index contributed by atoms with van der Waals surface area (Å²) in [5.74, 6) is 1.12. The van der Waals surface area contributed by atoms with Crippen molar-refractivity contribution < 1.29 is 21.8 Å². The lowest BCUT2D eigenvalue weighted by atomic mass is 9.92. The zero-order chi connectivity index (χ0) is 19.5. The first-order chi connectivity index (χ1) is 12.1. The van der Waals surface area contributed by atoms with Crippen molar-refractivity contribution >= 4 is 18.6 Å². The Kier molecular flexibility index (Phi) is 6.89. The minimum atomic E-state index is -6.00. The van der Waals surface area contributed by atoms with Crippen molar-refractivity contribution in [2.24, 2.45) is 0 Å². The van der Waals surface area contributed by atoms with E-state index >= 15 is 0 Å². The quantitative estimate of drug-likeness (QED) is 0.324. The first-order valence-electron chi connectivity index (χ1n) is 9.11. The summed E-state index contributed by atoms with van der Waals surface area (Å²) in [6.45, 7) is 9.23. The number of hydrogen-bond acceptors (Lipinski definition) is 1. The Balaban J connectivity index is 0.000000431. The van der Waals surface area contributed by atoms with Crippen molar-refractivity contribution in [1.82, 2.24) is 0 Å². The lowest BCUT2D eigenvalue weighted by Crippen LogP contribution is -2.37. The highest BCUT2D eigenvalue weighted by Gasteiger charge is 2.29. The fourth-order valence-corrected chi connectivity index (χ4v) is 4.46. The average molecular weight is 387 g/mol. The third-order valence-electron chi connectivity index (χ3n) is 4.56. The van der Waals surface area contributed by atoms with E-state index in [0.29, 0.717) is 11.8 Å². The molecule has 0 atom stereocenters. The molecule has 0 radical (unpaired) electrons. The van der Waals surface area contributed by atoms with Gasteiger partial charge in [-0.15, -0.1) is 0 Å². The maximum atomic E-state index is 9.75. The van der Waals surface area contributed by atoms with Crippen molar-refractivity contribution in [2.75, 3.05) is 0 Å². The Bertz CT molecular complexity index is 705. The third kappa shape index (κ3) is 5.32. The molecule has 0 unspecified atom stereocenters. The van der Waals surface area contributed by atoms with E-state index in [1.165, 1.54) is 42.5 Å². The summed E-state index contributed by atoms with van der Waals surface area (Å²) >= 11 is 1.95. The number of nitrogens with zero attached hydrogens (tertiary/aromatic N) is 1. The molecule has 1 aromatic heterocycles. The van der Waals surface area contributed by atoms with Gasteiger partial charge < -0.3 is 17.3 Å². The summed E-state index contributed by atoms with van der Waals surface area (Å²) in [5.41, 5.74) is 8.35. The number of hydrogen-bond donors (Lipinski definition) is 0. The van der Waals surface area contributed by atoms with Gasteiger partial charge in [-0.05, 0) is 31.1 Å². The zero-order valence-corrected chi connectivity index (χ0v) is 16.6.